The number of nitrogens with zero attached hydrogens (tertiary/aromatic N) is 2. The zero-order valence-electron chi connectivity index (χ0n) is 11.7. The van der Waals surface area contributed by atoms with E-state index in [4.69, 9.17) is 17.3 Å². The number of rotatable bonds is 3. The summed E-state index contributed by atoms with van der Waals surface area (Å²) in [6, 6.07) is 9.76. The van der Waals surface area contributed by atoms with E-state index in [1.165, 1.54) is 28.8 Å². The Kier molecular flexibility index (Phi) is 4.22. The maximum absolute atomic E-state index is 12.6. The lowest BCUT2D eigenvalue weighted by molar-refractivity contribution is -0.113. The van der Waals surface area contributed by atoms with Gasteiger partial charge in [-0.05, 0) is 35.9 Å². The number of aromatic carboxylic acids is 1. The van der Waals surface area contributed by atoms with Gasteiger partial charge in [-0.25, -0.2) is 4.79 Å². The summed E-state index contributed by atoms with van der Waals surface area (Å²) in [5, 5.41) is 9.07. The third kappa shape index (κ3) is 3.15. The minimum Gasteiger partial charge on any atom is -0.478 e. The molecule has 1 aliphatic rings. The fraction of sp³-hybridized carbons (Fsp3) is 0. The molecule has 7 heteroatoms. The Balaban J connectivity index is 1.95. The second-order valence-electron chi connectivity index (χ2n) is 4.66. The van der Waals surface area contributed by atoms with Crippen LogP contribution in [-0.4, -0.2) is 26.3 Å². The Morgan fingerprint density at radius 3 is 2.83 bits per heavy atom. The standard InChI is InChI=1S/C16H10N2O3S2/c19-14-13(7-10-3-2-6-17-9-10)23-16(22)18(14)12-5-1-4-11(8-12)15(20)21/h1-9H,(H,20,21)/b13-7+. The normalized spacial score (nSPS) is 16.2. The number of pyridine rings is 1. The van der Waals surface area contributed by atoms with Crippen molar-refractivity contribution in [3.63, 3.8) is 0 Å². The van der Waals surface area contributed by atoms with Gasteiger partial charge in [0.1, 0.15) is 0 Å². The molecule has 0 saturated carbocycles. The number of thiocarbonyl (C=S) groups is 1. The van der Waals surface area contributed by atoms with E-state index in [2.05, 4.69) is 4.98 Å². The van der Waals surface area contributed by atoms with Crippen LogP contribution < -0.4 is 4.90 Å². The Morgan fingerprint density at radius 2 is 2.13 bits per heavy atom. The number of aromatic nitrogens is 1. The van der Waals surface area contributed by atoms with Gasteiger partial charge in [0.2, 0.25) is 0 Å². The van der Waals surface area contributed by atoms with Gasteiger partial charge in [-0.15, -0.1) is 0 Å². The van der Waals surface area contributed by atoms with Gasteiger partial charge in [-0.2, -0.15) is 0 Å². The van der Waals surface area contributed by atoms with Crippen molar-refractivity contribution in [1.82, 2.24) is 4.98 Å². The lowest BCUT2D eigenvalue weighted by atomic mass is 10.2. The van der Waals surface area contributed by atoms with Gasteiger partial charge in [0, 0.05) is 12.4 Å². The van der Waals surface area contributed by atoms with Crippen molar-refractivity contribution < 1.29 is 14.7 Å². The van der Waals surface area contributed by atoms with Crippen molar-refractivity contribution in [1.29, 1.82) is 0 Å². The van der Waals surface area contributed by atoms with Crippen molar-refractivity contribution in [3.8, 4) is 0 Å². The first-order valence-electron chi connectivity index (χ1n) is 6.57. The lowest BCUT2D eigenvalue weighted by Gasteiger charge is -2.14. The monoisotopic (exact) mass is 342 g/mol. The van der Waals surface area contributed by atoms with Crippen LogP contribution in [0.5, 0.6) is 0 Å². The minimum atomic E-state index is -1.05. The SMILES string of the molecule is O=C(O)c1cccc(N2C(=O)/C(=C\c3cccnc3)SC2=S)c1. The Bertz CT molecular complexity index is 834. The number of carboxylic acids is 1. The molecular weight excluding hydrogens is 332 g/mol. The van der Waals surface area contributed by atoms with Crippen LogP contribution in [0.4, 0.5) is 5.69 Å². The molecule has 1 aromatic heterocycles. The highest BCUT2D eigenvalue weighted by Crippen LogP contribution is 2.36. The minimum absolute atomic E-state index is 0.104. The molecule has 3 rings (SSSR count). The van der Waals surface area contributed by atoms with E-state index >= 15 is 0 Å². The van der Waals surface area contributed by atoms with Crippen molar-refractivity contribution in [2.75, 3.05) is 4.90 Å². The predicted octanol–water partition coefficient (Wildman–Crippen LogP) is 3.19. The average Bonchev–Trinajstić information content (AvgIpc) is 2.82. The molecule has 0 spiro atoms. The van der Waals surface area contributed by atoms with Gasteiger partial charge < -0.3 is 5.11 Å². The molecule has 1 amide bonds. The largest absolute Gasteiger partial charge is 0.478 e. The molecule has 0 atom stereocenters. The number of carbonyl (C=O) groups excluding carboxylic acids is 1. The van der Waals surface area contributed by atoms with Gasteiger partial charge >= 0.3 is 5.97 Å². The van der Waals surface area contributed by atoms with Gasteiger partial charge in [0.25, 0.3) is 5.91 Å². The molecule has 2 heterocycles. The molecule has 2 aromatic rings. The van der Waals surface area contributed by atoms with Crippen molar-refractivity contribution in [2.24, 2.45) is 0 Å². The molecule has 1 N–H and O–H groups in total. The quantitative estimate of drug-likeness (QED) is 0.682. The molecule has 0 aliphatic carbocycles. The summed E-state index contributed by atoms with van der Waals surface area (Å²) in [4.78, 5) is 29.5. The van der Waals surface area contributed by atoms with E-state index in [1.54, 1.807) is 36.7 Å². The zero-order chi connectivity index (χ0) is 16.4. The summed E-state index contributed by atoms with van der Waals surface area (Å²) in [6.07, 6.45) is 5.02. The number of carbonyl (C=O) groups is 2. The number of thioether (sulfide) groups is 1. The summed E-state index contributed by atoms with van der Waals surface area (Å²) in [7, 11) is 0. The third-order valence-electron chi connectivity index (χ3n) is 3.13. The highest BCUT2D eigenvalue weighted by molar-refractivity contribution is 8.27. The molecule has 0 radical (unpaired) electrons. The lowest BCUT2D eigenvalue weighted by Crippen LogP contribution is -2.27. The van der Waals surface area contributed by atoms with E-state index in [-0.39, 0.29) is 11.5 Å². The molecule has 0 unspecified atom stereocenters. The van der Waals surface area contributed by atoms with Crippen LogP contribution in [0.3, 0.4) is 0 Å². The van der Waals surface area contributed by atoms with Crippen LogP contribution in [0, 0.1) is 0 Å². The van der Waals surface area contributed by atoms with E-state index in [0.29, 0.717) is 14.9 Å². The Labute approximate surface area is 141 Å². The van der Waals surface area contributed by atoms with Gasteiger partial charge in [-0.3, -0.25) is 14.7 Å². The number of hydrogen-bond donors (Lipinski definition) is 1. The van der Waals surface area contributed by atoms with E-state index in [9.17, 15) is 9.59 Å². The smallest absolute Gasteiger partial charge is 0.335 e. The molecule has 1 aromatic carbocycles. The fourth-order valence-corrected chi connectivity index (χ4v) is 3.38. The predicted molar refractivity (Wildman–Crippen MR) is 93.3 cm³/mol. The van der Waals surface area contributed by atoms with Gasteiger partial charge in [0.15, 0.2) is 4.32 Å². The summed E-state index contributed by atoms with van der Waals surface area (Å²) >= 11 is 6.45. The molecule has 5 nitrogen and oxygen atoms in total. The van der Waals surface area contributed by atoms with E-state index < -0.39 is 5.97 Å². The zero-order valence-corrected chi connectivity index (χ0v) is 13.3. The number of benzene rings is 1. The van der Waals surface area contributed by atoms with Crippen molar-refractivity contribution in [3.05, 3.63) is 64.8 Å². The topological polar surface area (TPSA) is 70.5 Å². The first-order valence-corrected chi connectivity index (χ1v) is 7.80. The van der Waals surface area contributed by atoms with Crippen LogP contribution in [0.2, 0.25) is 0 Å². The first-order chi connectivity index (χ1) is 11.1. The molecule has 1 saturated heterocycles. The highest BCUT2D eigenvalue weighted by Gasteiger charge is 2.33. The summed E-state index contributed by atoms with van der Waals surface area (Å²) in [5.74, 6) is -1.32. The molecular formula is C16H10N2O3S2. The third-order valence-corrected chi connectivity index (χ3v) is 4.43. The van der Waals surface area contributed by atoms with Crippen LogP contribution in [0.1, 0.15) is 15.9 Å². The number of amides is 1. The fourth-order valence-electron chi connectivity index (χ4n) is 2.08. The molecule has 0 bridgehead atoms. The molecule has 1 aliphatic heterocycles. The summed E-state index contributed by atoms with van der Waals surface area (Å²) < 4.78 is 0.368. The van der Waals surface area contributed by atoms with Gasteiger partial charge in [0.05, 0.1) is 16.2 Å². The number of hydrogen-bond acceptors (Lipinski definition) is 5. The van der Waals surface area contributed by atoms with Crippen molar-refractivity contribution >= 4 is 51.9 Å². The molecule has 23 heavy (non-hydrogen) atoms. The van der Waals surface area contributed by atoms with Crippen LogP contribution in [0.25, 0.3) is 6.08 Å². The summed E-state index contributed by atoms with van der Waals surface area (Å²) in [6.45, 7) is 0. The highest BCUT2D eigenvalue weighted by atomic mass is 32.2. The number of carboxylic acid groups (broad SMARTS) is 1. The average molecular weight is 342 g/mol. The Hall–Kier alpha value is -2.51. The van der Waals surface area contributed by atoms with Gasteiger partial charge in [-0.1, -0.05) is 36.1 Å². The van der Waals surface area contributed by atoms with E-state index in [1.807, 2.05) is 6.07 Å². The molecule has 114 valence electrons. The van der Waals surface area contributed by atoms with Crippen molar-refractivity contribution in [2.45, 2.75) is 0 Å². The van der Waals surface area contributed by atoms with Crippen LogP contribution >= 0.6 is 24.0 Å². The first kappa shape index (κ1) is 15.4. The maximum Gasteiger partial charge on any atom is 0.335 e. The number of anilines is 1. The maximum atomic E-state index is 12.6. The van der Waals surface area contributed by atoms with Crippen LogP contribution in [-0.2, 0) is 4.79 Å². The summed E-state index contributed by atoms with van der Waals surface area (Å²) in [5.41, 5.74) is 1.35. The second-order valence-corrected chi connectivity index (χ2v) is 6.33. The van der Waals surface area contributed by atoms with Crippen LogP contribution in [0.15, 0.2) is 53.7 Å². The second kappa shape index (κ2) is 6.31. The van der Waals surface area contributed by atoms with E-state index in [0.717, 1.165) is 5.56 Å². The molecule has 1 fully saturated rings. The Morgan fingerprint density at radius 1 is 1.30 bits per heavy atom.